The van der Waals surface area contributed by atoms with Crippen LogP contribution in [0.25, 0.3) is 0 Å². The summed E-state index contributed by atoms with van der Waals surface area (Å²) in [5.41, 5.74) is 1.89. The molecule has 1 spiro atoms. The lowest BCUT2D eigenvalue weighted by Crippen LogP contribution is -2.28. The van der Waals surface area contributed by atoms with E-state index in [-0.39, 0.29) is 12.0 Å². The van der Waals surface area contributed by atoms with Crippen LogP contribution < -0.4 is 0 Å². The van der Waals surface area contributed by atoms with Crippen molar-refractivity contribution < 1.29 is 19.4 Å². The first-order chi connectivity index (χ1) is 7.03. The molecule has 0 bridgehead atoms. The van der Waals surface area contributed by atoms with Crippen LogP contribution in [0.2, 0.25) is 0 Å². The van der Waals surface area contributed by atoms with Crippen LogP contribution in [0.4, 0.5) is 0 Å². The minimum atomic E-state index is -1.28. The molecule has 2 aliphatic rings. The number of carbonyl (C=O) groups is 2. The Morgan fingerprint density at radius 2 is 2.47 bits per heavy atom. The third-order valence-corrected chi connectivity index (χ3v) is 2.61. The first-order valence-electron chi connectivity index (χ1n) is 4.27. The highest BCUT2D eigenvalue weighted by atomic mass is 35.5. The van der Waals surface area contributed by atoms with Crippen molar-refractivity contribution in [1.29, 1.82) is 0 Å². The van der Waals surface area contributed by atoms with Crippen LogP contribution in [-0.4, -0.2) is 22.6 Å². The van der Waals surface area contributed by atoms with Gasteiger partial charge in [-0.3, -0.25) is 9.59 Å². The van der Waals surface area contributed by atoms with Crippen molar-refractivity contribution in [3.05, 3.63) is 29.5 Å². The van der Waals surface area contributed by atoms with Gasteiger partial charge in [0.05, 0.1) is 11.8 Å². The first-order valence-corrected chi connectivity index (χ1v) is 4.65. The third-order valence-electron chi connectivity index (χ3n) is 2.40. The third kappa shape index (κ3) is 1.63. The Balaban J connectivity index is 2.44. The summed E-state index contributed by atoms with van der Waals surface area (Å²) in [6.07, 6.45) is 3.05. The minimum absolute atomic E-state index is 0.0112. The van der Waals surface area contributed by atoms with Gasteiger partial charge in [-0.15, -0.1) is 5.73 Å². The molecule has 1 fully saturated rings. The predicted molar refractivity (Wildman–Crippen MR) is 50.7 cm³/mol. The predicted octanol–water partition coefficient (Wildman–Crippen LogP) is 0.655. The van der Waals surface area contributed by atoms with Gasteiger partial charge in [-0.05, 0) is 23.8 Å². The number of rotatable bonds is 1. The first kappa shape index (κ1) is 10.2. The molecule has 1 aliphatic carbocycles. The molecule has 2 unspecified atom stereocenters. The second-order valence-corrected chi connectivity index (χ2v) is 3.80. The lowest BCUT2D eigenvalue weighted by atomic mass is 9.81. The van der Waals surface area contributed by atoms with Gasteiger partial charge in [0, 0.05) is 5.57 Å². The van der Waals surface area contributed by atoms with Crippen molar-refractivity contribution in [3.8, 4) is 0 Å². The van der Waals surface area contributed by atoms with Crippen LogP contribution in [-0.2, 0) is 14.3 Å². The van der Waals surface area contributed by atoms with Crippen LogP contribution in [0.1, 0.15) is 6.42 Å². The van der Waals surface area contributed by atoms with Crippen molar-refractivity contribution in [1.82, 2.24) is 0 Å². The van der Waals surface area contributed by atoms with E-state index < -0.39 is 22.9 Å². The summed E-state index contributed by atoms with van der Waals surface area (Å²) < 4.78 is 4.62. The number of hydrogen-bond donors (Lipinski definition) is 1. The number of cyclic esters (lactones) is 1. The molecule has 2 atom stereocenters. The van der Waals surface area contributed by atoms with Gasteiger partial charge in [0.15, 0.2) is 0 Å². The largest absolute Gasteiger partial charge is 0.435 e. The number of aliphatic hydroxyl groups excluding tert-OH is 1. The maximum atomic E-state index is 11.0. The molecule has 1 saturated heterocycles. The molecule has 0 amide bonds. The summed E-state index contributed by atoms with van der Waals surface area (Å²) >= 11 is 5.30. The fourth-order valence-electron chi connectivity index (χ4n) is 1.63. The SMILES string of the molecule is O=C1CC2(C=C=CC(C(=O)Cl)=C2)C(O)O1. The van der Waals surface area contributed by atoms with E-state index >= 15 is 0 Å². The molecule has 0 saturated carbocycles. The maximum absolute atomic E-state index is 11.0. The van der Waals surface area contributed by atoms with Crippen molar-refractivity contribution in [3.63, 3.8) is 0 Å². The van der Waals surface area contributed by atoms with Crippen molar-refractivity contribution in [2.45, 2.75) is 12.7 Å². The minimum Gasteiger partial charge on any atom is -0.435 e. The number of carbonyl (C=O) groups excluding carboxylic acids is 2. The molecule has 1 heterocycles. The summed E-state index contributed by atoms with van der Waals surface area (Å²) in [7, 11) is 0. The van der Waals surface area contributed by atoms with Crippen LogP contribution in [0.15, 0.2) is 29.5 Å². The molecule has 0 aromatic heterocycles. The van der Waals surface area contributed by atoms with Crippen molar-refractivity contribution in [2.75, 3.05) is 0 Å². The maximum Gasteiger partial charge on any atom is 0.309 e. The highest BCUT2D eigenvalue weighted by molar-refractivity contribution is 6.68. The average molecular weight is 227 g/mol. The topological polar surface area (TPSA) is 63.6 Å². The highest BCUT2D eigenvalue weighted by Gasteiger charge is 2.46. The molecule has 0 radical (unpaired) electrons. The zero-order chi connectivity index (χ0) is 11.1. The van der Waals surface area contributed by atoms with Gasteiger partial charge in [0.1, 0.15) is 0 Å². The lowest BCUT2D eigenvalue weighted by Gasteiger charge is -2.22. The summed E-state index contributed by atoms with van der Waals surface area (Å²) in [5.74, 6) is -0.514. The van der Waals surface area contributed by atoms with Crippen molar-refractivity contribution >= 4 is 22.8 Å². The van der Waals surface area contributed by atoms with Gasteiger partial charge in [-0.1, -0.05) is 6.08 Å². The van der Waals surface area contributed by atoms with Crippen LogP contribution in [0.5, 0.6) is 0 Å². The fraction of sp³-hybridized carbons (Fsp3) is 0.300. The molecule has 1 aliphatic heterocycles. The molecule has 5 heteroatoms. The van der Waals surface area contributed by atoms with Crippen molar-refractivity contribution in [2.24, 2.45) is 5.41 Å². The van der Waals surface area contributed by atoms with Gasteiger partial charge < -0.3 is 9.84 Å². The zero-order valence-corrected chi connectivity index (χ0v) is 8.32. The highest BCUT2D eigenvalue weighted by Crippen LogP contribution is 2.39. The smallest absolute Gasteiger partial charge is 0.309 e. The van der Waals surface area contributed by atoms with E-state index in [9.17, 15) is 14.7 Å². The van der Waals surface area contributed by atoms with Crippen LogP contribution in [0, 0.1) is 5.41 Å². The number of allylic oxidation sites excluding steroid dienone is 1. The molecule has 15 heavy (non-hydrogen) atoms. The second kappa shape index (κ2) is 3.35. The quantitative estimate of drug-likeness (QED) is 0.405. The Morgan fingerprint density at radius 3 is 3.00 bits per heavy atom. The summed E-state index contributed by atoms with van der Waals surface area (Å²) in [6.45, 7) is 0. The monoisotopic (exact) mass is 226 g/mol. The van der Waals surface area contributed by atoms with Gasteiger partial charge in [0.25, 0.3) is 5.24 Å². The molecular formula is C10H7ClO4. The Labute approximate surface area is 90.5 Å². The van der Waals surface area contributed by atoms with E-state index in [4.69, 9.17) is 11.6 Å². The van der Waals surface area contributed by atoms with Crippen LogP contribution in [0.3, 0.4) is 0 Å². The molecule has 78 valence electrons. The lowest BCUT2D eigenvalue weighted by molar-refractivity contribution is -0.157. The molecule has 4 nitrogen and oxygen atoms in total. The van der Waals surface area contributed by atoms with E-state index in [2.05, 4.69) is 10.5 Å². The Kier molecular flexibility index (Phi) is 2.27. The molecular weight excluding hydrogens is 220 g/mol. The number of aliphatic hydroxyl groups is 1. The summed E-state index contributed by atoms with van der Waals surface area (Å²) in [4.78, 5) is 21.9. The molecule has 1 N–H and O–H groups in total. The number of halogens is 1. The molecule has 0 aromatic carbocycles. The van der Waals surface area contributed by atoms with E-state index in [1.807, 2.05) is 0 Å². The molecule has 0 aromatic rings. The van der Waals surface area contributed by atoms with Gasteiger partial charge >= 0.3 is 5.97 Å². The van der Waals surface area contributed by atoms with Gasteiger partial charge in [0.2, 0.25) is 6.29 Å². The van der Waals surface area contributed by atoms with E-state index in [0.717, 1.165) is 0 Å². The Morgan fingerprint density at radius 1 is 1.73 bits per heavy atom. The van der Waals surface area contributed by atoms with E-state index in [1.165, 1.54) is 18.2 Å². The van der Waals surface area contributed by atoms with Gasteiger partial charge in [-0.2, -0.15) is 0 Å². The molecule has 2 rings (SSSR count). The standard InChI is InChI=1S/C10H7ClO4/c11-8(13)6-2-1-3-10(4-6)5-7(12)15-9(10)14/h2-4,9,14H,5H2. The number of hydrogen-bond acceptors (Lipinski definition) is 4. The zero-order valence-electron chi connectivity index (χ0n) is 7.57. The van der Waals surface area contributed by atoms with Crippen LogP contribution >= 0.6 is 11.6 Å². The second-order valence-electron chi connectivity index (χ2n) is 3.46. The number of ether oxygens (including phenoxy) is 1. The van der Waals surface area contributed by atoms with Gasteiger partial charge in [-0.25, -0.2) is 0 Å². The average Bonchev–Trinajstić information content (AvgIpc) is 2.41. The normalized spacial score (nSPS) is 33.1. The summed E-state index contributed by atoms with van der Waals surface area (Å²) in [6, 6.07) is 0. The van der Waals surface area contributed by atoms with E-state index in [1.54, 1.807) is 0 Å². The Hall–Kier alpha value is -1.35. The Bertz CT molecular complexity index is 431. The fourth-order valence-corrected chi connectivity index (χ4v) is 1.74. The van der Waals surface area contributed by atoms with E-state index in [0.29, 0.717) is 0 Å². The summed E-state index contributed by atoms with van der Waals surface area (Å²) in [5, 5.41) is 8.90. The number of esters is 1.